The lowest BCUT2D eigenvalue weighted by molar-refractivity contribution is -0.170. The Labute approximate surface area is 223 Å². The zero-order valence-corrected chi connectivity index (χ0v) is 21.1. The van der Waals surface area contributed by atoms with Gasteiger partial charge in [-0.25, -0.2) is 0 Å². The summed E-state index contributed by atoms with van der Waals surface area (Å²) in [4.78, 5) is 40.9. The Bertz CT molecular complexity index is 1450. The molecule has 0 aromatic heterocycles. The number of aliphatic hydroxyl groups excluding tert-OH is 3. The Hall–Kier alpha value is -4.19. The molecule has 1 saturated carbocycles. The standard InChI is InChI=1S/C28H28N2O9/c1-30(2)21-20-23(33)17-14(11-39-12-7-4-3-5-8-12)13-9-6-10-15(31)16(13)22(32)18(17)25(35)28(20,38)26(36)19(24(21)34)27(29)37/h3-10,14,17,20-21,23,31-33,36,38H,11H2,1-2H3,(H2,29,37)/t14-,17+,20+,21+,23-,28+/m1/s1. The lowest BCUT2D eigenvalue weighted by Crippen LogP contribution is -2.70. The van der Waals surface area contributed by atoms with Crippen molar-refractivity contribution >= 4 is 23.2 Å². The number of aromatic hydroxyl groups is 1. The van der Waals surface area contributed by atoms with Crippen LogP contribution in [-0.2, 0) is 14.4 Å². The summed E-state index contributed by atoms with van der Waals surface area (Å²) in [5.74, 6) is -9.13. The van der Waals surface area contributed by atoms with Gasteiger partial charge in [-0.05, 0) is 37.9 Å². The molecule has 0 heterocycles. The largest absolute Gasteiger partial charge is 0.508 e. The molecule has 39 heavy (non-hydrogen) atoms. The van der Waals surface area contributed by atoms with Crippen molar-refractivity contribution in [2.75, 3.05) is 20.7 Å². The van der Waals surface area contributed by atoms with Crippen molar-refractivity contribution in [1.29, 1.82) is 0 Å². The number of ether oxygens (including phenoxy) is 1. The van der Waals surface area contributed by atoms with Gasteiger partial charge in [0.2, 0.25) is 5.78 Å². The minimum Gasteiger partial charge on any atom is -0.508 e. The SMILES string of the molecule is CN(C)[C@@H]1C(=O)C(C(N)=O)=C(O)[C@@]2(O)C(=O)C3=C(O)c4c(O)cccc4[C@@H](COc4ccccc4)[C@@H]3[C@@H](O)[C@H]12. The Kier molecular flexibility index (Phi) is 6.25. The number of rotatable bonds is 5. The van der Waals surface area contributed by atoms with E-state index in [1.165, 1.54) is 31.1 Å². The fourth-order valence-electron chi connectivity index (χ4n) is 6.30. The molecule has 0 saturated heterocycles. The number of Topliss-reactive ketones (excluding diaryl/α,β-unsaturated/α-hetero) is 2. The van der Waals surface area contributed by atoms with Crippen LogP contribution in [0.1, 0.15) is 17.0 Å². The van der Waals surface area contributed by atoms with Crippen molar-refractivity contribution in [1.82, 2.24) is 4.90 Å². The summed E-state index contributed by atoms with van der Waals surface area (Å²) in [5, 5.41) is 56.5. The molecule has 7 N–H and O–H groups in total. The first kappa shape index (κ1) is 26.4. The molecule has 0 bridgehead atoms. The van der Waals surface area contributed by atoms with E-state index in [0.29, 0.717) is 11.3 Å². The molecule has 5 rings (SSSR count). The number of fused-ring (bicyclic) bond motifs is 3. The van der Waals surface area contributed by atoms with E-state index in [1.54, 1.807) is 36.4 Å². The van der Waals surface area contributed by atoms with Crippen molar-refractivity contribution in [3.63, 3.8) is 0 Å². The highest BCUT2D eigenvalue weighted by atomic mass is 16.5. The highest BCUT2D eigenvalue weighted by Gasteiger charge is 2.68. The first-order valence-corrected chi connectivity index (χ1v) is 12.3. The Balaban J connectivity index is 1.75. The lowest BCUT2D eigenvalue weighted by Gasteiger charge is -2.54. The van der Waals surface area contributed by atoms with E-state index in [0.717, 1.165) is 0 Å². The first-order chi connectivity index (χ1) is 18.4. The number of hydrogen-bond acceptors (Lipinski definition) is 10. The maximum absolute atomic E-state index is 14.1. The fourth-order valence-corrected chi connectivity index (χ4v) is 6.30. The number of primary amides is 1. The number of ketones is 2. The monoisotopic (exact) mass is 536 g/mol. The molecule has 3 aliphatic carbocycles. The highest BCUT2D eigenvalue weighted by molar-refractivity contribution is 6.24. The van der Waals surface area contributed by atoms with Crippen LogP contribution in [0.2, 0.25) is 0 Å². The molecule has 3 aliphatic rings. The Morgan fingerprint density at radius 1 is 1.05 bits per heavy atom. The van der Waals surface area contributed by atoms with Crippen LogP contribution in [0.4, 0.5) is 0 Å². The van der Waals surface area contributed by atoms with Crippen LogP contribution in [-0.4, -0.2) is 86.4 Å². The van der Waals surface area contributed by atoms with Crippen molar-refractivity contribution in [3.05, 3.63) is 76.6 Å². The molecule has 11 nitrogen and oxygen atoms in total. The van der Waals surface area contributed by atoms with E-state index in [9.17, 15) is 39.9 Å². The van der Waals surface area contributed by atoms with Crippen molar-refractivity contribution in [2.24, 2.45) is 17.6 Å². The normalized spacial score (nSPS) is 30.1. The third-order valence-electron chi connectivity index (χ3n) is 7.97. The smallest absolute Gasteiger partial charge is 0.255 e. The second-order valence-corrected chi connectivity index (χ2v) is 10.2. The van der Waals surface area contributed by atoms with Crippen LogP contribution in [0.3, 0.4) is 0 Å². The minimum atomic E-state index is -2.97. The predicted octanol–water partition coefficient (Wildman–Crippen LogP) is 0.555. The van der Waals surface area contributed by atoms with E-state index >= 15 is 0 Å². The molecule has 11 heteroatoms. The second kappa shape index (κ2) is 9.23. The van der Waals surface area contributed by atoms with Gasteiger partial charge >= 0.3 is 0 Å². The zero-order valence-electron chi connectivity index (χ0n) is 21.1. The molecule has 204 valence electrons. The van der Waals surface area contributed by atoms with E-state index in [2.05, 4.69) is 0 Å². The number of carbonyl (C=O) groups excluding carboxylic acids is 3. The summed E-state index contributed by atoms with van der Waals surface area (Å²) < 4.78 is 5.97. The highest BCUT2D eigenvalue weighted by Crippen LogP contribution is 2.56. The topological polar surface area (TPSA) is 191 Å². The van der Waals surface area contributed by atoms with Gasteiger partial charge in [0.05, 0.1) is 30.2 Å². The van der Waals surface area contributed by atoms with Crippen LogP contribution >= 0.6 is 0 Å². The van der Waals surface area contributed by atoms with Gasteiger partial charge in [-0.15, -0.1) is 0 Å². The van der Waals surface area contributed by atoms with Gasteiger partial charge in [-0.3, -0.25) is 19.3 Å². The zero-order chi connectivity index (χ0) is 28.4. The summed E-state index contributed by atoms with van der Waals surface area (Å²) in [6.07, 6.45) is -1.71. The molecule has 1 amide bonds. The summed E-state index contributed by atoms with van der Waals surface area (Å²) in [7, 11) is 2.91. The van der Waals surface area contributed by atoms with Gasteiger partial charge in [-0.2, -0.15) is 0 Å². The molecule has 0 radical (unpaired) electrons. The van der Waals surface area contributed by atoms with Crippen LogP contribution in [0.5, 0.6) is 11.5 Å². The van der Waals surface area contributed by atoms with Crippen LogP contribution in [0.25, 0.3) is 5.76 Å². The van der Waals surface area contributed by atoms with Gasteiger partial charge in [0.1, 0.15) is 28.6 Å². The van der Waals surface area contributed by atoms with E-state index in [4.69, 9.17) is 10.5 Å². The number of nitrogens with zero attached hydrogens (tertiary/aromatic N) is 1. The lowest BCUT2D eigenvalue weighted by atomic mass is 9.54. The van der Waals surface area contributed by atoms with Crippen LogP contribution < -0.4 is 10.5 Å². The van der Waals surface area contributed by atoms with Gasteiger partial charge in [-0.1, -0.05) is 30.3 Å². The van der Waals surface area contributed by atoms with Crippen molar-refractivity contribution in [3.8, 4) is 11.5 Å². The molecule has 1 fully saturated rings. The number of benzene rings is 2. The number of aliphatic hydroxyl groups is 4. The summed E-state index contributed by atoms with van der Waals surface area (Å²) in [6.45, 7) is -0.119. The van der Waals surface area contributed by atoms with E-state index < -0.39 is 75.6 Å². The minimum absolute atomic E-state index is 0.0948. The summed E-state index contributed by atoms with van der Waals surface area (Å²) in [6, 6.07) is 11.7. The second-order valence-electron chi connectivity index (χ2n) is 10.2. The van der Waals surface area contributed by atoms with Gasteiger partial charge < -0.3 is 36.0 Å². The number of phenols is 1. The third-order valence-corrected chi connectivity index (χ3v) is 7.97. The molecule has 0 aliphatic heterocycles. The third kappa shape index (κ3) is 3.65. The number of carbonyl (C=O) groups is 3. The molecule has 2 aromatic carbocycles. The van der Waals surface area contributed by atoms with Gasteiger partial charge in [0.25, 0.3) is 5.91 Å². The van der Waals surface area contributed by atoms with Gasteiger partial charge in [0, 0.05) is 17.4 Å². The van der Waals surface area contributed by atoms with E-state index in [1.807, 2.05) is 0 Å². The van der Waals surface area contributed by atoms with E-state index in [-0.39, 0.29) is 17.9 Å². The Morgan fingerprint density at radius 2 is 1.72 bits per heavy atom. The maximum Gasteiger partial charge on any atom is 0.255 e. The van der Waals surface area contributed by atoms with Crippen molar-refractivity contribution in [2.45, 2.75) is 23.7 Å². The quantitative estimate of drug-likeness (QED) is 0.294. The number of phenolic OH excluding ortho intramolecular Hbond substituents is 1. The molecule has 2 aromatic rings. The molecular weight excluding hydrogens is 508 g/mol. The van der Waals surface area contributed by atoms with Crippen LogP contribution in [0, 0.1) is 11.8 Å². The number of hydrogen-bond donors (Lipinski definition) is 6. The molecule has 6 atom stereocenters. The number of likely N-dealkylation sites (N-methyl/N-ethyl adjacent to an activating group) is 1. The number of nitrogens with two attached hydrogens (primary N) is 1. The van der Waals surface area contributed by atoms with Gasteiger partial charge in [0.15, 0.2) is 11.4 Å². The maximum atomic E-state index is 14.1. The molecule has 0 unspecified atom stereocenters. The number of para-hydroxylation sites is 1. The fraction of sp³-hybridized carbons (Fsp3) is 0.321. The summed E-state index contributed by atoms with van der Waals surface area (Å²) in [5.41, 5.74) is 1.20. The van der Waals surface area contributed by atoms with Crippen LogP contribution in [0.15, 0.2) is 65.4 Å². The van der Waals surface area contributed by atoms with Crippen molar-refractivity contribution < 1.29 is 44.7 Å². The average Bonchev–Trinajstić information content (AvgIpc) is 2.88. The first-order valence-electron chi connectivity index (χ1n) is 12.3. The predicted molar refractivity (Wildman–Crippen MR) is 137 cm³/mol. The number of amides is 1. The molecule has 0 spiro atoms. The Morgan fingerprint density at radius 3 is 2.33 bits per heavy atom. The average molecular weight is 537 g/mol. The summed E-state index contributed by atoms with van der Waals surface area (Å²) >= 11 is 0. The molecular formula is C28H28N2O9.